The molecule has 0 aromatic heterocycles. The molecule has 1 saturated heterocycles. The molecule has 0 aromatic carbocycles. The maximum absolute atomic E-state index is 12.1. The van der Waals surface area contributed by atoms with Crippen molar-refractivity contribution in [2.75, 3.05) is 26.7 Å². The predicted molar refractivity (Wildman–Crippen MR) is 67.3 cm³/mol. The van der Waals surface area contributed by atoms with Gasteiger partial charge in [-0.25, -0.2) is 0 Å². The Morgan fingerprint density at radius 3 is 2.81 bits per heavy atom. The minimum absolute atomic E-state index is 0.220. The van der Waals surface area contributed by atoms with Crippen LogP contribution in [0.25, 0.3) is 0 Å². The van der Waals surface area contributed by atoms with Crippen LogP contribution in [0.3, 0.4) is 0 Å². The van der Waals surface area contributed by atoms with Gasteiger partial charge in [-0.15, -0.1) is 0 Å². The molecule has 0 aliphatic carbocycles. The van der Waals surface area contributed by atoms with Crippen molar-refractivity contribution in [2.24, 2.45) is 11.8 Å². The molecule has 16 heavy (non-hydrogen) atoms. The summed E-state index contributed by atoms with van der Waals surface area (Å²) in [7, 11) is 1.94. The van der Waals surface area contributed by atoms with Crippen molar-refractivity contribution >= 4 is 5.91 Å². The molecule has 0 radical (unpaired) electrons. The fourth-order valence-corrected chi connectivity index (χ4v) is 2.22. The van der Waals surface area contributed by atoms with E-state index in [2.05, 4.69) is 19.2 Å². The summed E-state index contributed by atoms with van der Waals surface area (Å²) >= 11 is 0. The Morgan fingerprint density at radius 2 is 2.25 bits per heavy atom. The molecule has 3 heteroatoms. The van der Waals surface area contributed by atoms with E-state index in [4.69, 9.17) is 0 Å². The van der Waals surface area contributed by atoms with Crippen molar-refractivity contribution in [1.29, 1.82) is 0 Å². The highest BCUT2D eigenvalue weighted by molar-refractivity contribution is 5.78. The average molecular weight is 226 g/mol. The summed E-state index contributed by atoms with van der Waals surface area (Å²) in [5.41, 5.74) is 0. The van der Waals surface area contributed by atoms with Gasteiger partial charge in [0.25, 0.3) is 0 Å². The van der Waals surface area contributed by atoms with Crippen LogP contribution in [0.4, 0.5) is 0 Å². The maximum Gasteiger partial charge on any atom is 0.226 e. The van der Waals surface area contributed by atoms with Crippen LogP contribution in [0.5, 0.6) is 0 Å². The molecule has 1 unspecified atom stereocenters. The normalized spacial score (nSPS) is 21.1. The number of carbonyl (C=O) groups excluding carboxylic acids is 1. The summed E-state index contributed by atoms with van der Waals surface area (Å²) in [4.78, 5) is 14.0. The molecular weight excluding hydrogens is 200 g/mol. The summed E-state index contributed by atoms with van der Waals surface area (Å²) < 4.78 is 0. The number of nitrogens with one attached hydrogen (secondary N) is 1. The molecule has 0 bridgehead atoms. The summed E-state index contributed by atoms with van der Waals surface area (Å²) in [6.07, 6.45) is 4.52. The summed E-state index contributed by atoms with van der Waals surface area (Å²) in [5, 5.41) is 3.30. The zero-order valence-corrected chi connectivity index (χ0v) is 11.0. The average Bonchev–Trinajstić information content (AvgIpc) is 2.28. The third-order valence-electron chi connectivity index (χ3n) is 3.30. The highest BCUT2D eigenvalue weighted by Gasteiger charge is 2.23. The molecule has 1 aliphatic rings. The molecule has 1 fully saturated rings. The lowest BCUT2D eigenvalue weighted by Gasteiger charge is -2.27. The van der Waals surface area contributed by atoms with Crippen LogP contribution in [-0.2, 0) is 4.79 Å². The lowest BCUT2D eigenvalue weighted by atomic mass is 9.98. The summed E-state index contributed by atoms with van der Waals surface area (Å²) in [5.74, 6) is 1.29. The monoisotopic (exact) mass is 226 g/mol. The van der Waals surface area contributed by atoms with Crippen molar-refractivity contribution in [2.45, 2.75) is 39.5 Å². The summed E-state index contributed by atoms with van der Waals surface area (Å²) in [6.45, 7) is 7.31. The first-order valence-electron chi connectivity index (χ1n) is 6.57. The van der Waals surface area contributed by atoms with Gasteiger partial charge in [0, 0.05) is 20.1 Å². The second-order valence-corrected chi connectivity index (χ2v) is 5.34. The molecule has 3 nitrogen and oxygen atoms in total. The molecule has 1 atom stereocenters. The Bertz CT molecular complexity index is 210. The Hall–Kier alpha value is -0.570. The standard InChI is InChI=1S/C13H26N2O/c1-11(2)6-5-9-15(3)13(16)12-7-4-8-14-10-12/h11-12,14H,4-10H2,1-3H3. The number of nitrogens with zero attached hydrogens (tertiary/aromatic N) is 1. The van der Waals surface area contributed by atoms with E-state index in [-0.39, 0.29) is 5.92 Å². The van der Waals surface area contributed by atoms with E-state index >= 15 is 0 Å². The fourth-order valence-electron chi connectivity index (χ4n) is 2.22. The number of rotatable bonds is 5. The topological polar surface area (TPSA) is 32.3 Å². The van der Waals surface area contributed by atoms with Crippen molar-refractivity contribution in [3.63, 3.8) is 0 Å². The molecule has 1 N–H and O–H groups in total. The molecule has 0 spiro atoms. The number of amides is 1. The van der Waals surface area contributed by atoms with Gasteiger partial charge >= 0.3 is 0 Å². The van der Waals surface area contributed by atoms with Crippen LogP contribution in [0.2, 0.25) is 0 Å². The van der Waals surface area contributed by atoms with Crippen molar-refractivity contribution in [3.05, 3.63) is 0 Å². The zero-order valence-electron chi connectivity index (χ0n) is 11.0. The maximum atomic E-state index is 12.1. The highest BCUT2D eigenvalue weighted by Crippen LogP contribution is 2.13. The van der Waals surface area contributed by atoms with Gasteiger partial charge in [0.15, 0.2) is 0 Å². The van der Waals surface area contributed by atoms with E-state index in [1.54, 1.807) is 0 Å². The third-order valence-corrected chi connectivity index (χ3v) is 3.30. The molecule has 1 heterocycles. The lowest BCUT2D eigenvalue weighted by Crippen LogP contribution is -2.41. The SMILES string of the molecule is CC(C)CCCN(C)C(=O)C1CCCNC1. The van der Waals surface area contributed by atoms with Crippen molar-refractivity contribution in [3.8, 4) is 0 Å². The van der Waals surface area contributed by atoms with E-state index in [0.29, 0.717) is 5.91 Å². The molecule has 1 amide bonds. The molecule has 0 aromatic rings. The van der Waals surface area contributed by atoms with Gasteiger partial charge in [0.05, 0.1) is 5.92 Å². The molecule has 0 saturated carbocycles. The van der Waals surface area contributed by atoms with Crippen LogP contribution in [0, 0.1) is 11.8 Å². The minimum Gasteiger partial charge on any atom is -0.345 e. The Morgan fingerprint density at radius 1 is 1.50 bits per heavy atom. The number of piperidine rings is 1. The van der Waals surface area contributed by atoms with Gasteiger partial charge in [-0.2, -0.15) is 0 Å². The van der Waals surface area contributed by atoms with Crippen LogP contribution in [0.1, 0.15) is 39.5 Å². The lowest BCUT2D eigenvalue weighted by molar-refractivity contribution is -0.134. The van der Waals surface area contributed by atoms with Gasteiger partial charge in [-0.3, -0.25) is 4.79 Å². The number of hydrogen-bond acceptors (Lipinski definition) is 2. The first kappa shape index (κ1) is 13.5. The van der Waals surface area contributed by atoms with Crippen LogP contribution < -0.4 is 5.32 Å². The van der Waals surface area contributed by atoms with E-state index in [9.17, 15) is 4.79 Å². The zero-order chi connectivity index (χ0) is 12.0. The second-order valence-electron chi connectivity index (χ2n) is 5.34. The van der Waals surface area contributed by atoms with E-state index < -0.39 is 0 Å². The second kappa shape index (κ2) is 6.89. The minimum atomic E-state index is 0.220. The number of carbonyl (C=O) groups is 1. The van der Waals surface area contributed by atoms with Gasteiger partial charge in [0.1, 0.15) is 0 Å². The van der Waals surface area contributed by atoms with Crippen LogP contribution in [0.15, 0.2) is 0 Å². The van der Waals surface area contributed by atoms with Crippen molar-refractivity contribution in [1.82, 2.24) is 10.2 Å². The molecular formula is C13H26N2O. The predicted octanol–water partition coefficient (Wildman–Crippen LogP) is 1.88. The molecule has 1 rings (SSSR count). The Labute approximate surface area is 99.6 Å². The Balaban J connectivity index is 2.23. The van der Waals surface area contributed by atoms with Gasteiger partial charge in [-0.1, -0.05) is 13.8 Å². The number of hydrogen-bond donors (Lipinski definition) is 1. The molecule has 1 aliphatic heterocycles. The molecule has 94 valence electrons. The van der Waals surface area contributed by atoms with Crippen LogP contribution >= 0.6 is 0 Å². The fraction of sp³-hybridized carbons (Fsp3) is 0.923. The smallest absolute Gasteiger partial charge is 0.226 e. The van der Waals surface area contributed by atoms with E-state index in [1.807, 2.05) is 11.9 Å². The Kier molecular flexibility index (Phi) is 5.81. The highest BCUT2D eigenvalue weighted by atomic mass is 16.2. The largest absolute Gasteiger partial charge is 0.345 e. The van der Waals surface area contributed by atoms with Gasteiger partial charge < -0.3 is 10.2 Å². The van der Waals surface area contributed by atoms with Gasteiger partial charge in [0.2, 0.25) is 5.91 Å². The van der Waals surface area contributed by atoms with Crippen molar-refractivity contribution < 1.29 is 4.79 Å². The van der Waals surface area contributed by atoms with Crippen LogP contribution in [-0.4, -0.2) is 37.5 Å². The first-order chi connectivity index (χ1) is 7.61. The first-order valence-corrected chi connectivity index (χ1v) is 6.57. The van der Waals surface area contributed by atoms with E-state index in [0.717, 1.165) is 44.8 Å². The quantitative estimate of drug-likeness (QED) is 0.776. The summed E-state index contributed by atoms with van der Waals surface area (Å²) in [6, 6.07) is 0. The van der Waals surface area contributed by atoms with E-state index in [1.165, 1.54) is 6.42 Å². The third kappa shape index (κ3) is 4.52. The van der Waals surface area contributed by atoms with Gasteiger partial charge in [-0.05, 0) is 38.1 Å².